The van der Waals surface area contributed by atoms with E-state index in [9.17, 15) is 13.5 Å². The molecule has 10 heteroatoms. The number of hydrazone groups is 1. The Bertz CT molecular complexity index is 947. The molecule has 0 aliphatic heterocycles. The predicted molar refractivity (Wildman–Crippen MR) is 102 cm³/mol. The van der Waals surface area contributed by atoms with Gasteiger partial charge in [-0.3, -0.25) is 0 Å². The molecule has 0 fully saturated rings. The number of hydrogen-bond acceptors (Lipinski definition) is 7. The average molecular weight is 415 g/mol. The summed E-state index contributed by atoms with van der Waals surface area (Å²) in [5.74, 6) is 0.661. The fourth-order valence-electron chi connectivity index (χ4n) is 2.14. The summed E-state index contributed by atoms with van der Waals surface area (Å²) >= 11 is 5.93. The van der Waals surface area contributed by atoms with E-state index in [0.29, 0.717) is 17.9 Å². The van der Waals surface area contributed by atoms with Gasteiger partial charge >= 0.3 is 0 Å². The maximum Gasteiger partial charge on any atom is 0.276 e. The Morgan fingerprint density at radius 3 is 2.48 bits per heavy atom. The summed E-state index contributed by atoms with van der Waals surface area (Å²) < 4.78 is 40.2. The minimum Gasteiger partial charge on any atom is -0.503 e. The molecule has 0 heterocycles. The van der Waals surface area contributed by atoms with E-state index in [2.05, 4.69) is 9.93 Å². The minimum atomic E-state index is -3.92. The quantitative estimate of drug-likeness (QED) is 0.508. The molecule has 2 N–H and O–H groups in total. The van der Waals surface area contributed by atoms with E-state index in [1.807, 2.05) is 0 Å². The molecule has 2 aromatic rings. The lowest BCUT2D eigenvalue weighted by Gasteiger charge is -2.10. The summed E-state index contributed by atoms with van der Waals surface area (Å²) in [7, 11) is -1.06. The number of phenols is 1. The Kier molecular flexibility index (Phi) is 6.75. The number of rotatable bonds is 8. The van der Waals surface area contributed by atoms with Crippen molar-refractivity contribution >= 4 is 27.8 Å². The number of nitrogens with zero attached hydrogens (tertiary/aromatic N) is 1. The van der Waals surface area contributed by atoms with Crippen LogP contribution in [0.25, 0.3) is 0 Å². The van der Waals surface area contributed by atoms with Gasteiger partial charge in [-0.05, 0) is 36.8 Å². The zero-order valence-electron chi connectivity index (χ0n) is 14.9. The van der Waals surface area contributed by atoms with Crippen molar-refractivity contribution in [2.75, 3.05) is 20.8 Å². The summed E-state index contributed by atoms with van der Waals surface area (Å²) in [4.78, 5) is 2.05. The molecule has 146 valence electrons. The molecule has 0 aliphatic rings. The number of halogens is 1. The van der Waals surface area contributed by atoms with Crippen LogP contribution in [0.3, 0.4) is 0 Å². The molecule has 0 bridgehead atoms. The first-order chi connectivity index (χ1) is 12.8. The van der Waals surface area contributed by atoms with Crippen molar-refractivity contribution in [3.63, 3.8) is 0 Å². The number of sulfonamides is 1. The number of methoxy groups -OCH3 is 2. The van der Waals surface area contributed by atoms with Crippen LogP contribution < -0.4 is 19.0 Å². The Hall–Kier alpha value is -2.65. The number of hydrogen-bond donors (Lipinski definition) is 2. The minimum absolute atomic E-state index is 0.0453. The van der Waals surface area contributed by atoms with E-state index in [1.54, 1.807) is 6.92 Å². The molecule has 2 rings (SSSR count). The van der Waals surface area contributed by atoms with Gasteiger partial charge in [0.1, 0.15) is 0 Å². The highest BCUT2D eigenvalue weighted by molar-refractivity contribution is 7.89. The van der Waals surface area contributed by atoms with E-state index in [-0.39, 0.29) is 27.2 Å². The molecule has 0 radical (unpaired) electrons. The van der Waals surface area contributed by atoms with Gasteiger partial charge in [-0.25, -0.2) is 4.83 Å². The van der Waals surface area contributed by atoms with Crippen LogP contribution >= 0.6 is 11.6 Å². The molecule has 0 spiro atoms. The Morgan fingerprint density at radius 2 is 1.85 bits per heavy atom. The third-order valence-electron chi connectivity index (χ3n) is 3.40. The van der Waals surface area contributed by atoms with Gasteiger partial charge in [0.05, 0.1) is 37.0 Å². The average Bonchev–Trinajstić information content (AvgIpc) is 2.65. The van der Waals surface area contributed by atoms with Gasteiger partial charge in [0.15, 0.2) is 23.0 Å². The maximum absolute atomic E-state index is 12.4. The molecule has 0 saturated carbocycles. The van der Waals surface area contributed by atoms with E-state index < -0.39 is 10.0 Å². The molecule has 8 nitrogen and oxygen atoms in total. The van der Waals surface area contributed by atoms with Crippen LogP contribution in [0.5, 0.6) is 23.0 Å². The highest BCUT2D eigenvalue weighted by Gasteiger charge is 2.16. The standard InChI is InChI=1S/C17H19ClN2O6S/c1-4-26-16-8-11(7-13(18)17(16)21)10-19-20-27(22,23)12-5-6-14(24-2)15(9-12)25-3/h5-10,20-21H,4H2,1-3H3/b19-10+. The van der Waals surface area contributed by atoms with Gasteiger partial charge in [-0.1, -0.05) is 11.6 Å². The lowest BCUT2D eigenvalue weighted by Crippen LogP contribution is -2.18. The Labute approximate surface area is 162 Å². The van der Waals surface area contributed by atoms with E-state index in [1.165, 1.54) is 50.8 Å². The molecule has 0 amide bonds. The zero-order chi connectivity index (χ0) is 20.0. The molecule has 27 heavy (non-hydrogen) atoms. The Morgan fingerprint density at radius 1 is 1.15 bits per heavy atom. The highest BCUT2D eigenvalue weighted by atomic mass is 35.5. The van der Waals surface area contributed by atoms with E-state index in [0.717, 1.165) is 0 Å². The number of phenolic OH excluding ortho intramolecular Hbond substituents is 1. The smallest absolute Gasteiger partial charge is 0.276 e. The van der Waals surface area contributed by atoms with Crippen LogP contribution in [0.2, 0.25) is 5.02 Å². The van der Waals surface area contributed by atoms with Crippen LogP contribution in [-0.4, -0.2) is 40.6 Å². The van der Waals surface area contributed by atoms with Crippen molar-refractivity contribution in [3.05, 3.63) is 40.9 Å². The lowest BCUT2D eigenvalue weighted by atomic mass is 10.2. The van der Waals surface area contributed by atoms with E-state index in [4.69, 9.17) is 25.8 Å². The first-order valence-corrected chi connectivity index (χ1v) is 9.60. The van der Waals surface area contributed by atoms with Crippen molar-refractivity contribution < 1.29 is 27.7 Å². The molecule has 0 unspecified atom stereocenters. The first kappa shape index (κ1) is 20.7. The molecule has 2 aromatic carbocycles. The predicted octanol–water partition coefficient (Wildman–Crippen LogP) is 2.77. The van der Waals surface area contributed by atoms with Gasteiger partial charge in [0.25, 0.3) is 10.0 Å². The molecule has 0 aliphatic carbocycles. The third kappa shape index (κ3) is 4.95. The highest BCUT2D eigenvalue weighted by Crippen LogP contribution is 2.34. The van der Waals surface area contributed by atoms with Gasteiger partial charge < -0.3 is 19.3 Å². The van der Waals surface area contributed by atoms with Gasteiger partial charge in [-0.2, -0.15) is 13.5 Å². The second-order valence-electron chi connectivity index (χ2n) is 5.15. The summed E-state index contributed by atoms with van der Waals surface area (Å²) in [6.45, 7) is 2.09. The van der Waals surface area contributed by atoms with Gasteiger partial charge in [0.2, 0.25) is 0 Å². The fraction of sp³-hybridized carbons (Fsp3) is 0.235. The largest absolute Gasteiger partial charge is 0.503 e. The topological polar surface area (TPSA) is 106 Å². The first-order valence-electron chi connectivity index (χ1n) is 7.74. The third-order valence-corrected chi connectivity index (χ3v) is 4.91. The maximum atomic E-state index is 12.4. The molecule has 0 atom stereocenters. The SMILES string of the molecule is CCOc1cc(/C=N/NS(=O)(=O)c2ccc(OC)c(OC)c2)cc(Cl)c1O. The summed E-state index contributed by atoms with van der Waals surface area (Å²) in [5.41, 5.74) is 0.441. The van der Waals surface area contributed by atoms with Crippen LogP contribution in [0, 0.1) is 0 Å². The number of aromatic hydroxyl groups is 1. The Balaban J connectivity index is 2.22. The second kappa shape index (κ2) is 8.83. The lowest BCUT2D eigenvalue weighted by molar-refractivity contribution is 0.318. The van der Waals surface area contributed by atoms with Crippen molar-refractivity contribution in [2.45, 2.75) is 11.8 Å². The molecular weight excluding hydrogens is 396 g/mol. The van der Waals surface area contributed by atoms with Crippen LogP contribution in [0.1, 0.15) is 12.5 Å². The van der Waals surface area contributed by atoms with Crippen LogP contribution in [-0.2, 0) is 10.0 Å². The number of nitrogens with one attached hydrogen (secondary N) is 1. The molecule has 0 saturated heterocycles. The van der Waals surface area contributed by atoms with Crippen molar-refractivity contribution in [2.24, 2.45) is 5.10 Å². The monoisotopic (exact) mass is 414 g/mol. The zero-order valence-corrected chi connectivity index (χ0v) is 16.5. The summed E-state index contributed by atoms with van der Waals surface area (Å²) in [6, 6.07) is 7.07. The van der Waals surface area contributed by atoms with Crippen molar-refractivity contribution in [1.29, 1.82) is 0 Å². The van der Waals surface area contributed by atoms with Crippen molar-refractivity contribution in [1.82, 2.24) is 4.83 Å². The number of ether oxygens (including phenoxy) is 3. The van der Waals surface area contributed by atoms with E-state index >= 15 is 0 Å². The normalized spacial score (nSPS) is 11.4. The summed E-state index contributed by atoms with van der Waals surface area (Å²) in [6.07, 6.45) is 1.24. The molecule has 0 aromatic heterocycles. The second-order valence-corrected chi connectivity index (χ2v) is 7.22. The van der Waals surface area contributed by atoms with Crippen LogP contribution in [0.4, 0.5) is 0 Å². The fourth-order valence-corrected chi connectivity index (χ4v) is 3.17. The van der Waals surface area contributed by atoms with Crippen LogP contribution in [0.15, 0.2) is 40.3 Å². The van der Waals surface area contributed by atoms with Gasteiger partial charge in [-0.15, -0.1) is 0 Å². The van der Waals surface area contributed by atoms with Gasteiger partial charge in [0, 0.05) is 6.07 Å². The van der Waals surface area contributed by atoms with Crippen molar-refractivity contribution in [3.8, 4) is 23.0 Å². The molecular formula is C17H19ClN2O6S. The summed E-state index contributed by atoms with van der Waals surface area (Å²) in [5, 5.41) is 13.6. The number of benzene rings is 2.